The van der Waals surface area contributed by atoms with Crippen LogP contribution in [0.1, 0.15) is 10.4 Å². The van der Waals surface area contributed by atoms with Gasteiger partial charge in [0.2, 0.25) is 0 Å². The number of carbonyl (C=O) groups excluding carboxylic acids is 1. The number of aromatic nitrogens is 1. The number of benzene rings is 3. The molecule has 0 unspecified atom stereocenters. The maximum atomic E-state index is 13.3. The Hall–Kier alpha value is -4.46. The Labute approximate surface area is 183 Å². The molecule has 32 heavy (non-hydrogen) atoms. The number of ether oxygens (including phenoxy) is 2. The molecule has 0 aliphatic carbocycles. The van der Waals surface area contributed by atoms with E-state index in [0.717, 1.165) is 5.56 Å². The SMILES string of the molecule is COc1ccc(NC(=O)c2cc(-c3ccccc3OC)nc3ccccc23)c([N+](=O)[O-])c1. The molecule has 8 nitrogen and oxygen atoms in total. The fraction of sp³-hybridized carbons (Fsp3) is 0.0833. The zero-order valence-electron chi connectivity index (χ0n) is 17.4. The summed E-state index contributed by atoms with van der Waals surface area (Å²) in [5.74, 6) is 0.447. The van der Waals surface area contributed by atoms with E-state index in [0.29, 0.717) is 33.7 Å². The maximum Gasteiger partial charge on any atom is 0.296 e. The lowest BCUT2D eigenvalue weighted by molar-refractivity contribution is -0.384. The number of nitro benzene ring substituents is 1. The maximum absolute atomic E-state index is 13.3. The van der Waals surface area contributed by atoms with Crippen LogP contribution < -0.4 is 14.8 Å². The van der Waals surface area contributed by atoms with Crippen LogP contribution in [0.3, 0.4) is 0 Å². The first-order valence-electron chi connectivity index (χ1n) is 9.68. The van der Waals surface area contributed by atoms with Crippen LogP contribution in [-0.2, 0) is 0 Å². The number of anilines is 1. The van der Waals surface area contributed by atoms with Crippen molar-refractivity contribution in [1.82, 2.24) is 4.98 Å². The molecule has 1 aromatic heterocycles. The van der Waals surface area contributed by atoms with Crippen LogP contribution in [-0.4, -0.2) is 30.0 Å². The number of nitrogens with zero attached hydrogens (tertiary/aromatic N) is 2. The third-order valence-corrected chi connectivity index (χ3v) is 4.99. The second kappa shape index (κ2) is 8.73. The molecule has 1 heterocycles. The summed E-state index contributed by atoms with van der Waals surface area (Å²) in [5.41, 5.74) is 2.04. The van der Waals surface area contributed by atoms with Crippen LogP contribution in [0, 0.1) is 10.1 Å². The fourth-order valence-corrected chi connectivity index (χ4v) is 3.44. The standard InChI is InChI=1S/C24H19N3O5/c1-31-15-11-12-20(22(13-15)27(29)30)26-24(28)18-14-21(17-8-4-6-10-23(17)32-2)25-19-9-5-3-7-16(18)19/h3-14H,1-2H3,(H,26,28). The third-order valence-electron chi connectivity index (χ3n) is 4.99. The molecular formula is C24H19N3O5. The highest BCUT2D eigenvalue weighted by Crippen LogP contribution is 2.33. The number of amides is 1. The van der Waals surface area contributed by atoms with E-state index in [1.165, 1.54) is 19.2 Å². The highest BCUT2D eigenvalue weighted by atomic mass is 16.6. The van der Waals surface area contributed by atoms with Gasteiger partial charge in [-0.2, -0.15) is 0 Å². The van der Waals surface area contributed by atoms with Crippen molar-refractivity contribution in [3.05, 3.63) is 88.5 Å². The number of rotatable bonds is 6. The second-order valence-corrected chi connectivity index (χ2v) is 6.87. The van der Waals surface area contributed by atoms with Gasteiger partial charge in [-0.1, -0.05) is 30.3 Å². The van der Waals surface area contributed by atoms with Crippen LogP contribution in [0.4, 0.5) is 11.4 Å². The van der Waals surface area contributed by atoms with Crippen LogP contribution in [0.15, 0.2) is 72.8 Å². The zero-order chi connectivity index (χ0) is 22.7. The fourth-order valence-electron chi connectivity index (χ4n) is 3.44. The molecule has 4 rings (SSSR count). The Morgan fingerprint density at radius 1 is 0.969 bits per heavy atom. The van der Waals surface area contributed by atoms with E-state index >= 15 is 0 Å². The molecule has 0 bridgehead atoms. The van der Waals surface area contributed by atoms with Gasteiger partial charge in [0.05, 0.1) is 42.0 Å². The Balaban J connectivity index is 1.82. The normalized spacial score (nSPS) is 10.6. The van der Waals surface area contributed by atoms with E-state index in [9.17, 15) is 14.9 Å². The molecule has 3 aromatic carbocycles. The number of carbonyl (C=O) groups is 1. The van der Waals surface area contributed by atoms with Crippen LogP contribution in [0.2, 0.25) is 0 Å². The van der Waals surface area contributed by atoms with Crippen molar-refractivity contribution in [2.24, 2.45) is 0 Å². The van der Waals surface area contributed by atoms with E-state index < -0.39 is 10.8 Å². The molecule has 8 heteroatoms. The third kappa shape index (κ3) is 3.93. The Bertz CT molecular complexity index is 1340. The first-order valence-corrected chi connectivity index (χ1v) is 9.68. The van der Waals surface area contributed by atoms with Gasteiger partial charge in [0.25, 0.3) is 11.6 Å². The molecule has 0 fully saturated rings. The van der Waals surface area contributed by atoms with Crippen molar-refractivity contribution in [2.75, 3.05) is 19.5 Å². The molecule has 0 spiro atoms. The predicted molar refractivity (Wildman–Crippen MR) is 121 cm³/mol. The quantitative estimate of drug-likeness (QED) is 0.339. The monoisotopic (exact) mass is 429 g/mol. The number of nitrogens with one attached hydrogen (secondary N) is 1. The van der Waals surface area contributed by atoms with Crippen LogP contribution in [0.25, 0.3) is 22.2 Å². The van der Waals surface area contributed by atoms with Gasteiger partial charge >= 0.3 is 0 Å². The van der Waals surface area contributed by atoms with E-state index in [1.54, 1.807) is 37.4 Å². The summed E-state index contributed by atoms with van der Waals surface area (Å²) in [6, 6.07) is 20.5. The molecule has 0 saturated heterocycles. The summed E-state index contributed by atoms with van der Waals surface area (Å²) in [6.45, 7) is 0. The molecule has 160 valence electrons. The van der Waals surface area contributed by atoms with Crippen molar-refractivity contribution in [1.29, 1.82) is 0 Å². The van der Waals surface area contributed by atoms with Crippen LogP contribution >= 0.6 is 0 Å². The average Bonchev–Trinajstić information content (AvgIpc) is 2.83. The number of para-hydroxylation sites is 2. The summed E-state index contributed by atoms with van der Waals surface area (Å²) in [5, 5.41) is 14.8. The first-order chi connectivity index (χ1) is 15.5. The average molecular weight is 429 g/mol. The van der Waals surface area contributed by atoms with Gasteiger partial charge in [-0.25, -0.2) is 4.98 Å². The van der Waals surface area contributed by atoms with Crippen molar-refractivity contribution < 1.29 is 19.2 Å². The van der Waals surface area contributed by atoms with Crippen molar-refractivity contribution >= 4 is 28.2 Å². The Morgan fingerprint density at radius 2 is 1.72 bits per heavy atom. The lowest BCUT2D eigenvalue weighted by Gasteiger charge is -2.13. The van der Waals surface area contributed by atoms with Gasteiger partial charge in [-0.15, -0.1) is 0 Å². The molecule has 1 amide bonds. The molecule has 0 aliphatic heterocycles. The number of methoxy groups -OCH3 is 2. The van der Waals surface area contributed by atoms with Crippen molar-refractivity contribution in [3.63, 3.8) is 0 Å². The minimum absolute atomic E-state index is 0.0699. The summed E-state index contributed by atoms with van der Waals surface area (Å²) >= 11 is 0. The lowest BCUT2D eigenvalue weighted by atomic mass is 10.0. The zero-order valence-corrected chi connectivity index (χ0v) is 17.4. The predicted octanol–water partition coefficient (Wildman–Crippen LogP) is 5.08. The molecule has 0 radical (unpaired) electrons. The highest BCUT2D eigenvalue weighted by molar-refractivity contribution is 6.13. The smallest absolute Gasteiger partial charge is 0.296 e. The van der Waals surface area contributed by atoms with E-state index in [-0.39, 0.29) is 11.4 Å². The topological polar surface area (TPSA) is 104 Å². The van der Waals surface area contributed by atoms with Gasteiger partial charge in [0.1, 0.15) is 17.2 Å². The first kappa shape index (κ1) is 20.8. The highest BCUT2D eigenvalue weighted by Gasteiger charge is 2.20. The molecule has 0 saturated carbocycles. The number of nitro groups is 1. The van der Waals surface area contributed by atoms with Gasteiger partial charge in [0.15, 0.2) is 0 Å². The van der Waals surface area contributed by atoms with E-state index in [1.807, 2.05) is 30.3 Å². The minimum atomic E-state index is -0.566. The molecule has 4 aromatic rings. The van der Waals surface area contributed by atoms with E-state index in [2.05, 4.69) is 10.3 Å². The largest absolute Gasteiger partial charge is 0.496 e. The van der Waals surface area contributed by atoms with Gasteiger partial charge in [0, 0.05) is 10.9 Å². The van der Waals surface area contributed by atoms with E-state index in [4.69, 9.17) is 9.47 Å². The van der Waals surface area contributed by atoms with Gasteiger partial charge in [-0.05, 0) is 36.4 Å². The Kier molecular flexibility index (Phi) is 5.67. The summed E-state index contributed by atoms with van der Waals surface area (Å²) in [7, 11) is 2.98. The molecule has 0 atom stereocenters. The van der Waals surface area contributed by atoms with Gasteiger partial charge < -0.3 is 14.8 Å². The Morgan fingerprint density at radius 3 is 2.47 bits per heavy atom. The number of pyridine rings is 1. The van der Waals surface area contributed by atoms with Crippen LogP contribution in [0.5, 0.6) is 11.5 Å². The summed E-state index contributed by atoms with van der Waals surface area (Å²) in [6.07, 6.45) is 0. The minimum Gasteiger partial charge on any atom is -0.496 e. The van der Waals surface area contributed by atoms with Gasteiger partial charge in [-0.3, -0.25) is 14.9 Å². The molecular weight excluding hydrogens is 410 g/mol. The lowest BCUT2D eigenvalue weighted by Crippen LogP contribution is -2.14. The summed E-state index contributed by atoms with van der Waals surface area (Å²) < 4.78 is 10.5. The number of fused-ring (bicyclic) bond motifs is 1. The molecule has 1 N–H and O–H groups in total. The van der Waals surface area contributed by atoms with Crippen molar-refractivity contribution in [3.8, 4) is 22.8 Å². The molecule has 0 aliphatic rings. The van der Waals surface area contributed by atoms with Crippen molar-refractivity contribution in [2.45, 2.75) is 0 Å². The summed E-state index contributed by atoms with van der Waals surface area (Å²) in [4.78, 5) is 28.9. The number of hydrogen-bond acceptors (Lipinski definition) is 6. The second-order valence-electron chi connectivity index (χ2n) is 6.87. The number of hydrogen-bond donors (Lipinski definition) is 1.